The van der Waals surface area contributed by atoms with E-state index >= 15 is 0 Å². The predicted octanol–water partition coefficient (Wildman–Crippen LogP) is 4.19. The lowest BCUT2D eigenvalue weighted by Gasteiger charge is -2.13. The smallest absolute Gasteiger partial charge is 0.326 e. The Hall–Kier alpha value is -3.41. The Bertz CT molecular complexity index is 1070. The molecule has 1 amide bonds. The van der Waals surface area contributed by atoms with E-state index in [0.717, 1.165) is 22.5 Å². The van der Waals surface area contributed by atoms with Crippen molar-refractivity contribution in [2.75, 3.05) is 0 Å². The van der Waals surface area contributed by atoms with Crippen molar-refractivity contribution in [2.24, 2.45) is 0 Å². The summed E-state index contributed by atoms with van der Waals surface area (Å²) < 4.78 is 15.7. The standard InChI is InChI=1S/C23H23FN2O3/c1-15(2)26-14-17(18-8-4-6-10-21(18)26)13-20(23(28)29)25-22(27)12-11-16-7-3-5-9-19(16)24/h3-12,14-15,20H,13H2,1-2H3,(H,25,27)(H,28,29)/b12-11+/t20-/m0/s1. The maximum absolute atomic E-state index is 13.7. The molecule has 0 unspecified atom stereocenters. The average Bonchev–Trinajstić information content (AvgIpc) is 3.06. The molecule has 0 aliphatic heterocycles. The SMILES string of the molecule is CC(C)n1cc(C[C@H](NC(=O)/C=C/c2ccccc2F)C(=O)O)c2ccccc21. The predicted molar refractivity (Wildman–Crippen MR) is 111 cm³/mol. The number of rotatable bonds is 7. The lowest BCUT2D eigenvalue weighted by Crippen LogP contribution is -2.41. The number of carboxylic acids is 1. The summed E-state index contributed by atoms with van der Waals surface area (Å²) in [6, 6.07) is 12.9. The van der Waals surface area contributed by atoms with Crippen molar-refractivity contribution in [1.29, 1.82) is 0 Å². The zero-order valence-electron chi connectivity index (χ0n) is 16.3. The largest absolute Gasteiger partial charge is 0.480 e. The maximum atomic E-state index is 13.7. The van der Waals surface area contributed by atoms with Gasteiger partial charge >= 0.3 is 5.97 Å². The van der Waals surface area contributed by atoms with Gasteiger partial charge in [-0.25, -0.2) is 9.18 Å². The van der Waals surface area contributed by atoms with Crippen molar-refractivity contribution in [1.82, 2.24) is 9.88 Å². The van der Waals surface area contributed by atoms with E-state index in [1.165, 1.54) is 18.2 Å². The van der Waals surface area contributed by atoms with Gasteiger partial charge in [0, 0.05) is 41.2 Å². The van der Waals surface area contributed by atoms with E-state index in [9.17, 15) is 19.1 Å². The first-order valence-electron chi connectivity index (χ1n) is 9.41. The van der Waals surface area contributed by atoms with Crippen LogP contribution < -0.4 is 5.32 Å². The summed E-state index contributed by atoms with van der Waals surface area (Å²) in [7, 11) is 0. The summed E-state index contributed by atoms with van der Waals surface area (Å²) in [6.07, 6.45) is 4.56. The van der Waals surface area contributed by atoms with E-state index in [0.29, 0.717) is 0 Å². The first-order valence-corrected chi connectivity index (χ1v) is 9.41. The molecule has 150 valence electrons. The van der Waals surface area contributed by atoms with Crippen LogP contribution in [-0.4, -0.2) is 27.6 Å². The zero-order valence-corrected chi connectivity index (χ0v) is 16.3. The van der Waals surface area contributed by atoms with Crippen LogP contribution in [0.4, 0.5) is 4.39 Å². The molecule has 3 aromatic rings. The van der Waals surface area contributed by atoms with Crippen LogP contribution in [0.5, 0.6) is 0 Å². The number of nitrogens with zero attached hydrogens (tertiary/aromatic N) is 1. The minimum Gasteiger partial charge on any atom is -0.480 e. The van der Waals surface area contributed by atoms with E-state index in [4.69, 9.17) is 0 Å². The van der Waals surface area contributed by atoms with Crippen LogP contribution in [0, 0.1) is 5.82 Å². The second-order valence-corrected chi connectivity index (χ2v) is 7.13. The Balaban J connectivity index is 1.79. The van der Waals surface area contributed by atoms with Crippen LogP contribution in [-0.2, 0) is 16.0 Å². The Morgan fingerprint density at radius 3 is 2.52 bits per heavy atom. The number of aromatic nitrogens is 1. The number of fused-ring (bicyclic) bond motifs is 1. The summed E-state index contributed by atoms with van der Waals surface area (Å²) >= 11 is 0. The van der Waals surface area contributed by atoms with Gasteiger partial charge in [-0.3, -0.25) is 4.79 Å². The van der Waals surface area contributed by atoms with Gasteiger partial charge in [-0.1, -0.05) is 36.4 Å². The summed E-state index contributed by atoms with van der Waals surface area (Å²) in [4.78, 5) is 24.0. The number of hydrogen-bond acceptors (Lipinski definition) is 2. The fraction of sp³-hybridized carbons (Fsp3) is 0.217. The maximum Gasteiger partial charge on any atom is 0.326 e. The number of carbonyl (C=O) groups is 2. The number of hydrogen-bond donors (Lipinski definition) is 2. The molecular weight excluding hydrogens is 371 g/mol. The fourth-order valence-electron chi connectivity index (χ4n) is 3.28. The van der Waals surface area contributed by atoms with Gasteiger partial charge in [-0.15, -0.1) is 0 Å². The molecule has 1 heterocycles. The molecular formula is C23H23FN2O3. The molecule has 0 saturated heterocycles. The normalized spacial score (nSPS) is 12.6. The number of benzene rings is 2. The highest BCUT2D eigenvalue weighted by atomic mass is 19.1. The molecule has 0 fully saturated rings. The number of amides is 1. The average molecular weight is 394 g/mol. The molecule has 0 radical (unpaired) electrons. The molecule has 0 aliphatic rings. The highest BCUT2D eigenvalue weighted by molar-refractivity contribution is 5.94. The summed E-state index contributed by atoms with van der Waals surface area (Å²) in [6.45, 7) is 4.11. The van der Waals surface area contributed by atoms with E-state index in [2.05, 4.69) is 23.7 Å². The second-order valence-electron chi connectivity index (χ2n) is 7.13. The Labute approximate surface area is 168 Å². The van der Waals surface area contributed by atoms with Crippen LogP contribution in [0.2, 0.25) is 0 Å². The molecule has 5 nitrogen and oxygen atoms in total. The van der Waals surface area contributed by atoms with Crippen LogP contribution in [0.3, 0.4) is 0 Å². The number of carbonyl (C=O) groups excluding carboxylic acids is 1. The van der Waals surface area contributed by atoms with Gasteiger partial charge in [0.25, 0.3) is 0 Å². The Morgan fingerprint density at radius 1 is 1.14 bits per heavy atom. The highest BCUT2D eigenvalue weighted by Crippen LogP contribution is 2.25. The van der Waals surface area contributed by atoms with Gasteiger partial charge in [0.05, 0.1) is 0 Å². The summed E-state index contributed by atoms with van der Waals surface area (Å²) in [5.74, 6) is -2.17. The van der Waals surface area contributed by atoms with Gasteiger partial charge in [0.2, 0.25) is 5.91 Å². The van der Waals surface area contributed by atoms with Crippen molar-refractivity contribution >= 4 is 28.9 Å². The second kappa shape index (κ2) is 8.73. The third kappa shape index (κ3) is 4.71. The summed E-state index contributed by atoms with van der Waals surface area (Å²) in [5.41, 5.74) is 2.13. The Kier molecular flexibility index (Phi) is 6.12. The van der Waals surface area contributed by atoms with Crippen molar-refractivity contribution in [3.63, 3.8) is 0 Å². The van der Waals surface area contributed by atoms with E-state index < -0.39 is 23.7 Å². The van der Waals surface area contributed by atoms with E-state index in [1.54, 1.807) is 12.1 Å². The topological polar surface area (TPSA) is 71.3 Å². The molecule has 0 saturated carbocycles. The van der Waals surface area contributed by atoms with Crippen molar-refractivity contribution in [2.45, 2.75) is 32.4 Å². The van der Waals surface area contributed by atoms with Crippen molar-refractivity contribution < 1.29 is 19.1 Å². The highest BCUT2D eigenvalue weighted by Gasteiger charge is 2.22. The molecule has 0 spiro atoms. The van der Waals surface area contributed by atoms with Gasteiger partial charge in [-0.05, 0) is 37.6 Å². The number of carboxylic acid groups (broad SMARTS) is 1. The van der Waals surface area contributed by atoms with Gasteiger partial charge < -0.3 is 15.0 Å². The molecule has 6 heteroatoms. The first kappa shape index (κ1) is 20.3. The monoisotopic (exact) mass is 394 g/mol. The lowest BCUT2D eigenvalue weighted by atomic mass is 10.0. The first-order chi connectivity index (χ1) is 13.9. The number of halogens is 1. The van der Waals surface area contributed by atoms with Gasteiger partial charge in [-0.2, -0.15) is 0 Å². The lowest BCUT2D eigenvalue weighted by molar-refractivity contribution is -0.141. The van der Waals surface area contributed by atoms with Crippen molar-refractivity contribution in [3.8, 4) is 0 Å². The molecule has 29 heavy (non-hydrogen) atoms. The van der Waals surface area contributed by atoms with Crippen LogP contribution in [0.1, 0.15) is 31.0 Å². The quantitative estimate of drug-likeness (QED) is 0.591. The molecule has 0 aliphatic carbocycles. The third-order valence-corrected chi connectivity index (χ3v) is 4.74. The molecule has 1 aromatic heterocycles. The molecule has 0 bridgehead atoms. The zero-order chi connectivity index (χ0) is 21.0. The number of aliphatic carboxylic acids is 1. The third-order valence-electron chi connectivity index (χ3n) is 4.74. The molecule has 3 rings (SSSR count). The summed E-state index contributed by atoms with van der Waals surface area (Å²) in [5, 5.41) is 13.1. The van der Waals surface area contributed by atoms with Crippen LogP contribution in [0.25, 0.3) is 17.0 Å². The molecule has 1 atom stereocenters. The van der Waals surface area contributed by atoms with Gasteiger partial charge in [0.1, 0.15) is 11.9 Å². The van der Waals surface area contributed by atoms with Crippen LogP contribution in [0.15, 0.2) is 60.8 Å². The van der Waals surface area contributed by atoms with Crippen molar-refractivity contribution in [3.05, 3.63) is 77.7 Å². The Morgan fingerprint density at radius 2 is 1.83 bits per heavy atom. The number of para-hydroxylation sites is 1. The number of nitrogens with one attached hydrogen (secondary N) is 1. The van der Waals surface area contributed by atoms with Gasteiger partial charge in [0.15, 0.2) is 0 Å². The minimum absolute atomic E-state index is 0.148. The molecule has 2 N–H and O–H groups in total. The molecule has 2 aromatic carbocycles. The van der Waals surface area contributed by atoms with E-state index in [1.807, 2.05) is 30.5 Å². The fourth-order valence-corrected chi connectivity index (χ4v) is 3.28. The van der Waals surface area contributed by atoms with Crippen LogP contribution >= 0.6 is 0 Å². The minimum atomic E-state index is -1.13. The van der Waals surface area contributed by atoms with E-state index in [-0.39, 0.29) is 18.0 Å².